The molecule has 2 aromatic rings. The first-order valence-electron chi connectivity index (χ1n) is 16.3. The fourth-order valence-electron chi connectivity index (χ4n) is 7.04. The molecule has 0 atom stereocenters. The first-order chi connectivity index (χ1) is 19.4. The smallest absolute Gasteiger partial charge is 0.0143 e. The van der Waals surface area contributed by atoms with Crippen molar-refractivity contribution in [2.75, 3.05) is 0 Å². The van der Waals surface area contributed by atoms with Gasteiger partial charge in [0.1, 0.15) is 0 Å². The largest absolute Gasteiger partial charge is 0.0909 e. The predicted octanol–water partition coefficient (Wildman–Crippen LogP) is 12.1. The van der Waals surface area contributed by atoms with E-state index in [0.29, 0.717) is 5.41 Å². The van der Waals surface area contributed by atoms with Crippen molar-refractivity contribution >= 4 is 11.1 Å². The van der Waals surface area contributed by atoms with Crippen LogP contribution in [0.3, 0.4) is 0 Å². The van der Waals surface area contributed by atoms with Gasteiger partial charge in [0, 0.05) is 0 Å². The molecule has 2 aromatic carbocycles. The van der Waals surface area contributed by atoms with Crippen molar-refractivity contribution in [3.63, 3.8) is 0 Å². The van der Waals surface area contributed by atoms with Crippen LogP contribution in [0, 0.1) is 24.2 Å². The molecule has 0 heterocycles. The highest BCUT2D eigenvalue weighted by Gasteiger charge is 2.30. The van der Waals surface area contributed by atoms with Crippen LogP contribution in [0.5, 0.6) is 0 Å². The summed E-state index contributed by atoms with van der Waals surface area (Å²) < 4.78 is 0. The Kier molecular flexibility index (Phi) is 9.34. The number of aryl methyl sites for hydroxylation is 2. The second-order valence-electron chi connectivity index (χ2n) is 13.7. The Morgan fingerprint density at radius 2 is 1.70 bits per heavy atom. The van der Waals surface area contributed by atoms with Crippen molar-refractivity contribution in [3.05, 3.63) is 95.1 Å². The van der Waals surface area contributed by atoms with Gasteiger partial charge in [-0.25, -0.2) is 0 Å². The summed E-state index contributed by atoms with van der Waals surface area (Å²) in [6.07, 6.45) is 26.2. The van der Waals surface area contributed by atoms with Crippen molar-refractivity contribution in [1.82, 2.24) is 0 Å². The van der Waals surface area contributed by atoms with Gasteiger partial charge in [0.25, 0.3) is 0 Å². The predicted molar refractivity (Wildman–Crippen MR) is 176 cm³/mol. The van der Waals surface area contributed by atoms with Gasteiger partial charge in [0.15, 0.2) is 0 Å². The van der Waals surface area contributed by atoms with Crippen LogP contribution in [0.4, 0.5) is 0 Å². The van der Waals surface area contributed by atoms with Crippen molar-refractivity contribution in [1.29, 1.82) is 0 Å². The second-order valence-corrected chi connectivity index (χ2v) is 13.7. The average Bonchev–Trinajstić information content (AvgIpc) is 3.81. The molecule has 212 valence electrons. The summed E-state index contributed by atoms with van der Waals surface area (Å²) in [5.74, 6) is 1.75. The molecule has 0 aromatic heterocycles. The van der Waals surface area contributed by atoms with Crippen molar-refractivity contribution in [3.8, 4) is 11.1 Å². The molecule has 0 heteroatoms. The standard InChI is InChI=1S/C40H52/c1-6-13-33-22-23-35(36(26-31-19-20-31)24-25-40(4,5)37-16-11-8-12-17-37)28-39(33)38-27-34(21-18-29(38)2)30(3)32-14-9-7-10-15-32/h7,9,14,18,21-24,27-28,31,37H,3,6,8,10-13,15-17,19-20,25-26H2,1-2,4-5H3. The molecule has 0 bridgehead atoms. The van der Waals surface area contributed by atoms with Gasteiger partial charge in [-0.2, -0.15) is 0 Å². The molecule has 3 aliphatic rings. The van der Waals surface area contributed by atoms with Crippen molar-refractivity contribution in [2.24, 2.45) is 17.3 Å². The normalized spacial score (nSPS) is 18.6. The molecule has 5 rings (SSSR count). The third kappa shape index (κ3) is 6.99. The molecule has 0 unspecified atom stereocenters. The van der Waals surface area contributed by atoms with E-state index in [0.717, 1.165) is 37.5 Å². The maximum absolute atomic E-state index is 4.53. The number of allylic oxidation sites excluding steroid dienone is 7. The third-order valence-electron chi connectivity index (χ3n) is 10.1. The molecule has 2 fully saturated rings. The first-order valence-corrected chi connectivity index (χ1v) is 16.3. The van der Waals surface area contributed by atoms with E-state index < -0.39 is 0 Å². The Labute approximate surface area is 245 Å². The Hall–Kier alpha value is -2.60. The molecule has 0 nitrogen and oxygen atoms in total. The van der Waals surface area contributed by atoms with Gasteiger partial charge in [0.05, 0.1) is 0 Å². The van der Waals surface area contributed by atoms with E-state index in [1.165, 1.54) is 102 Å². The van der Waals surface area contributed by atoms with Crippen molar-refractivity contribution < 1.29 is 0 Å². The number of benzene rings is 2. The van der Waals surface area contributed by atoms with E-state index in [9.17, 15) is 0 Å². The van der Waals surface area contributed by atoms with Crippen LogP contribution in [0.1, 0.15) is 120 Å². The zero-order valence-electron chi connectivity index (χ0n) is 25.8. The molecular formula is C40H52. The minimum atomic E-state index is 0.383. The molecular weight excluding hydrogens is 480 g/mol. The van der Waals surface area contributed by atoms with Crippen LogP contribution >= 0.6 is 0 Å². The topological polar surface area (TPSA) is 0 Å². The van der Waals surface area contributed by atoms with Gasteiger partial charge >= 0.3 is 0 Å². The molecule has 2 saturated carbocycles. The quantitative estimate of drug-likeness (QED) is 0.270. The van der Waals surface area contributed by atoms with E-state index in [2.05, 4.69) is 95.0 Å². The fourth-order valence-corrected chi connectivity index (χ4v) is 7.04. The van der Waals surface area contributed by atoms with Gasteiger partial charge in [-0.1, -0.05) is 102 Å². The zero-order chi connectivity index (χ0) is 28.1. The van der Waals surface area contributed by atoms with Gasteiger partial charge in [-0.05, 0) is 144 Å². The molecule has 0 spiro atoms. The molecule has 0 N–H and O–H groups in total. The van der Waals surface area contributed by atoms with Crippen LogP contribution < -0.4 is 0 Å². The number of rotatable bonds is 11. The lowest BCUT2D eigenvalue weighted by atomic mass is 9.69. The summed E-state index contributed by atoms with van der Waals surface area (Å²) in [6.45, 7) is 14.2. The summed E-state index contributed by atoms with van der Waals surface area (Å²) >= 11 is 0. The van der Waals surface area contributed by atoms with Gasteiger partial charge in [0.2, 0.25) is 0 Å². The maximum Gasteiger partial charge on any atom is -0.0143 e. The summed E-state index contributed by atoms with van der Waals surface area (Å²) in [4.78, 5) is 0. The zero-order valence-corrected chi connectivity index (χ0v) is 25.8. The van der Waals surface area contributed by atoms with Crippen LogP contribution in [-0.2, 0) is 6.42 Å². The fraction of sp³-hybridized carbons (Fsp3) is 0.500. The third-order valence-corrected chi connectivity index (χ3v) is 10.1. The summed E-state index contributed by atoms with van der Waals surface area (Å²) in [5.41, 5.74) is 12.9. The highest BCUT2D eigenvalue weighted by molar-refractivity contribution is 5.83. The average molecular weight is 533 g/mol. The van der Waals surface area contributed by atoms with Gasteiger partial charge in [-0.15, -0.1) is 0 Å². The van der Waals surface area contributed by atoms with Crippen LogP contribution in [0.2, 0.25) is 0 Å². The highest BCUT2D eigenvalue weighted by atomic mass is 14.4. The van der Waals surface area contributed by atoms with Crippen LogP contribution in [-0.4, -0.2) is 0 Å². The Bertz CT molecular complexity index is 1280. The number of hydrogen-bond acceptors (Lipinski definition) is 0. The first kappa shape index (κ1) is 28.9. The lowest BCUT2D eigenvalue weighted by Gasteiger charge is -2.36. The monoisotopic (exact) mass is 532 g/mol. The molecule has 0 aliphatic heterocycles. The highest BCUT2D eigenvalue weighted by Crippen LogP contribution is 2.44. The lowest BCUT2D eigenvalue weighted by Crippen LogP contribution is -2.25. The SMILES string of the molecule is C=C(C1=CC=CCC1)c1ccc(C)c(-c2cc(C(=CCC(C)(C)C3CCCCC3)CC3CC3)ccc2CCC)c1. The Morgan fingerprint density at radius 3 is 2.40 bits per heavy atom. The molecule has 0 radical (unpaired) electrons. The molecule has 40 heavy (non-hydrogen) atoms. The summed E-state index contributed by atoms with van der Waals surface area (Å²) in [5, 5.41) is 0. The van der Waals surface area contributed by atoms with Crippen LogP contribution in [0.15, 0.2) is 72.9 Å². The Morgan fingerprint density at radius 1 is 0.950 bits per heavy atom. The van der Waals surface area contributed by atoms with Gasteiger partial charge < -0.3 is 0 Å². The molecule has 0 amide bonds. The molecule has 0 saturated heterocycles. The second kappa shape index (κ2) is 12.9. The van der Waals surface area contributed by atoms with E-state index >= 15 is 0 Å². The molecule has 3 aliphatic carbocycles. The minimum Gasteiger partial charge on any atom is -0.0909 e. The Balaban J connectivity index is 1.50. The van der Waals surface area contributed by atoms with E-state index in [1.54, 1.807) is 5.57 Å². The van der Waals surface area contributed by atoms with Gasteiger partial charge in [-0.3, -0.25) is 0 Å². The maximum atomic E-state index is 4.53. The van der Waals surface area contributed by atoms with E-state index in [1.807, 2.05) is 0 Å². The summed E-state index contributed by atoms with van der Waals surface area (Å²) in [6, 6.07) is 14.4. The number of hydrogen-bond donors (Lipinski definition) is 0. The van der Waals surface area contributed by atoms with Crippen LogP contribution in [0.25, 0.3) is 22.3 Å². The van der Waals surface area contributed by atoms with Crippen molar-refractivity contribution in [2.45, 2.75) is 111 Å². The minimum absolute atomic E-state index is 0.383. The van der Waals surface area contributed by atoms with E-state index in [4.69, 9.17) is 0 Å². The summed E-state index contributed by atoms with van der Waals surface area (Å²) in [7, 11) is 0. The van der Waals surface area contributed by atoms with E-state index in [-0.39, 0.29) is 0 Å². The lowest BCUT2D eigenvalue weighted by molar-refractivity contribution is 0.161.